The van der Waals surface area contributed by atoms with Crippen LogP contribution >= 0.6 is 27.5 Å². The first-order valence-electron chi connectivity index (χ1n) is 7.28. The van der Waals surface area contributed by atoms with Gasteiger partial charge in [-0.1, -0.05) is 11.6 Å². The molecule has 1 aromatic heterocycles. The largest absolute Gasteiger partial charge is 0.436 e. The molecule has 0 bridgehead atoms. The fourth-order valence-corrected chi connectivity index (χ4v) is 2.90. The molecule has 0 aliphatic heterocycles. The highest BCUT2D eigenvalue weighted by molar-refractivity contribution is 9.10. The van der Waals surface area contributed by atoms with Crippen LogP contribution in [0, 0.1) is 6.92 Å². The molecule has 1 heterocycles. The highest BCUT2D eigenvalue weighted by atomic mass is 79.9. The van der Waals surface area contributed by atoms with Gasteiger partial charge in [-0.3, -0.25) is 9.48 Å². The lowest BCUT2D eigenvalue weighted by Gasteiger charge is -2.15. The van der Waals surface area contributed by atoms with Crippen LogP contribution in [-0.2, 0) is 11.0 Å². The van der Waals surface area contributed by atoms with Gasteiger partial charge in [-0.25, -0.2) is 0 Å². The molecule has 0 spiro atoms. The van der Waals surface area contributed by atoms with Gasteiger partial charge in [-0.2, -0.15) is 27.1 Å². The summed E-state index contributed by atoms with van der Waals surface area (Å²) in [5.74, 6) is -0.959. The summed E-state index contributed by atoms with van der Waals surface area (Å²) in [6.45, 7) is -0.326. The van der Waals surface area contributed by atoms with Crippen LogP contribution in [0.3, 0.4) is 0 Å². The van der Waals surface area contributed by atoms with Crippen LogP contribution in [0.15, 0.2) is 22.7 Å². The Morgan fingerprint density at radius 1 is 1.37 bits per heavy atom. The van der Waals surface area contributed by atoms with Crippen LogP contribution in [0.4, 0.5) is 27.6 Å². The zero-order valence-electron chi connectivity index (χ0n) is 13.7. The molecule has 1 unspecified atom stereocenters. The van der Waals surface area contributed by atoms with Gasteiger partial charge in [0.1, 0.15) is 11.8 Å². The number of anilines is 1. The van der Waals surface area contributed by atoms with E-state index in [1.807, 2.05) is 0 Å². The van der Waals surface area contributed by atoms with E-state index in [0.717, 1.165) is 10.7 Å². The molecular formula is C15H12BrClF5N3O2. The maximum atomic E-state index is 12.9. The molecular weight excluding hydrogens is 465 g/mol. The number of aromatic nitrogens is 2. The van der Waals surface area contributed by atoms with Gasteiger partial charge in [-0.05, 0) is 48.0 Å². The quantitative estimate of drug-likeness (QED) is 0.586. The third-order valence-corrected chi connectivity index (χ3v) is 4.75. The lowest BCUT2D eigenvalue weighted by Crippen LogP contribution is -2.25. The third-order valence-electron chi connectivity index (χ3n) is 3.51. The fourth-order valence-electron chi connectivity index (χ4n) is 2.18. The van der Waals surface area contributed by atoms with Gasteiger partial charge in [0.25, 0.3) is 0 Å². The molecule has 2 rings (SSSR count). The van der Waals surface area contributed by atoms with Gasteiger partial charge in [0, 0.05) is 5.69 Å². The first-order valence-corrected chi connectivity index (χ1v) is 8.46. The van der Waals surface area contributed by atoms with Gasteiger partial charge in [0.05, 0.1) is 15.2 Å². The maximum absolute atomic E-state index is 12.9. The Balaban J connectivity index is 2.20. The molecule has 0 aliphatic rings. The number of carbonyl (C=O) groups excluding carboxylic acids is 1. The molecule has 0 radical (unpaired) electrons. The Morgan fingerprint density at radius 3 is 2.48 bits per heavy atom. The summed E-state index contributed by atoms with van der Waals surface area (Å²) in [5, 5.41) is 5.73. The van der Waals surface area contributed by atoms with Crippen LogP contribution < -0.4 is 10.1 Å². The molecule has 1 N–H and O–H groups in total. The highest BCUT2D eigenvalue weighted by Crippen LogP contribution is 2.36. The fraction of sp³-hybridized carbons (Fsp3) is 0.333. The first kappa shape index (κ1) is 21.4. The Bertz CT molecular complexity index is 857. The van der Waals surface area contributed by atoms with E-state index in [2.05, 4.69) is 31.1 Å². The Morgan fingerprint density at radius 2 is 2.00 bits per heavy atom. The maximum Gasteiger partial charge on any atom is 0.436 e. The van der Waals surface area contributed by atoms with Crippen molar-refractivity contribution in [1.29, 1.82) is 0 Å². The topological polar surface area (TPSA) is 56.2 Å². The second-order valence-electron chi connectivity index (χ2n) is 5.38. The van der Waals surface area contributed by atoms with Crippen LogP contribution in [0.1, 0.15) is 24.4 Å². The molecule has 12 heteroatoms. The predicted octanol–water partition coefficient (Wildman–Crippen LogP) is 5.43. The summed E-state index contributed by atoms with van der Waals surface area (Å²) in [7, 11) is 0. The number of halogens is 7. The summed E-state index contributed by atoms with van der Waals surface area (Å²) >= 11 is 8.63. The van der Waals surface area contributed by atoms with Gasteiger partial charge in [0.2, 0.25) is 5.91 Å². The second kappa shape index (κ2) is 8.01. The summed E-state index contributed by atoms with van der Waals surface area (Å²) in [4.78, 5) is 12.3. The van der Waals surface area contributed by atoms with Crippen molar-refractivity contribution in [2.75, 3.05) is 5.32 Å². The number of hydrogen-bond acceptors (Lipinski definition) is 3. The number of alkyl halides is 5. The van der Waals surface area contributed by atoms with E-state index in [0.29, 0.717) is 0 Å². The molecule has 1 amide bonds. The molecule has 0 fully saturated rings. The van der Waals surface area contributed by atoms with Crippen molar-refractivity contribution >= 4 is 39.1 Å². The molecule has 27 heavy (non-hydrogen) atoms. The summed E-state index contributed by atoms with van der Waals surface area (Å²) in [5.41, 5.74) is -0.877. The van der Waals surface area contributed by atoms with E-state index in [4.69, 9.17) is 11.6 Å². The molecule has 5 nitrogen and oxygen atoms in total. The normalized spacial score (nSPS) is 13.0. The van der Waals surface area contributed by atoms with E-state index >= 15 is 0 Å². The SMILES string of the molecule is Cc1c(Br)c(C(F)(F)F)nn1C(C)C(=O)Nc1ccc(OC(F)F)c(Cl)c1. The average Bonchev–Trinajstić information content (AvgIpc) is 2.85. The Labute approximate surface area is 163 Å². The van der Waals surface area contributed by atoms with E-state index in [9.17, 15) is 26.7 Å². The molecule has 0 aliphatic carbocycles. The number of carbonyl (C=O) groups is 1. The standard InChI is InChI=1S/C15H12BrClF5N3O2/c1-6-11(16)12(15(20,21)22)24-25(6)7(2)13(26)23-8-3-4-10(9(17)5-8)27-14(18)19/h3-5,7,14H,1-2H3,(H,23,26). The Kier molecular flexibility index (Phi) is 6.35. The van der Waals surface area contributed by atoms with Crippen LogP contribution in [0.25, 0.3) is 0 Å². The monoisotopic (exact) mass is 475 g/mol. The Hall–Kier alpha value is -1.88. The first-order chi connectivity index (χ1) is 12.4. The summed E-state index contributed by atoms with van der Waals surface area (Å²) in [6.07, 6.45) is -4.68. The van der Waals surface area contributed by atoms with Gasteiger partial charge in [0.15, 0.2) is 5.69 Å². The average molecular weight is 477 g/mol. The van der Waals surface area contributed by atoms with E-state index in [1.54, 1.807) is 0 Å². The van der Waals surface area contributed by atoms with Crippen molar-refractivity contribution in [2.24, 2.45) is 0 Å². The molecule has 0 saturated carbocycles. The lowest BCUT2D eigenvalue weighted by atomic mass is 10.2. The second-order valence-corrected chi connectivity index (χ2v) is 6.58. The number of hydrogen-bond donors (Lipinski definition) is 1. The number of amides is 1. The minimum Gasteiger partial charge on any atom is -0.433 e. The van der Waals surface area contributed by atoms with Crippen molar-refractivity contribution in [3.05, 3.63) is 39.1 Å². The van der Waals surface area contributed by atoms with Crippen molar-refractivity contribution in [3.8, 4) is 5.75 Å². The highest BCUT2D eigenvalue weighted by Gasteiger charge is 2.39. The number of nitrogens with one attached hydrogen (secondary N) is 1. The third kappa shape index (κ3) is 4.89. The van der Waals surface area contributed by atoms with Crippen LogP contribution in [0.5, 0.6) is 5.75 Å². The van der Waals surface area contributed by atoms with E-state index < -0.39 is 30.4 Å². The van der Waals surface area contributed by atoms with E-state index in [-0.39, 0.29) is 26.6 Å². The van der Waals surface area contributed by atoms with Gasteiger partial charge in [-0.15, -0.1) is 0 Å². The van der Waals surface area contributed by atoms with E-state index in [1.165, 1.54) is 26.0 Å². The number of nitrogens with zero attached hydrogens (tertiary/aromatic N) is 2. The predicted molar refractivity (Wildman–Crippen MR) is 91.1 cm³/mol. The lowest BCUT2D eigenvalue weighted by molar-refractivity contribution is -0.142. The van der Waals surface area contributed by atoms with Crippen molar-refractivity contribution in [3.63, 3.8) is 0 Å². The van der Waals surface area contributed by atoms with Crippen molar-refractivity contribution in [1.82, 2.24) is 9.78 Å². The van der Waals surface area contributed by atoms with Crippen LogP contribution in [0.2, 0.25) is 5.02 Å². The zero-order chi connectivity index (χ0) is 20.5. The molecule has 1 atom stereocenters. The summed E-state index contributed by atoms with van der Waals surface area (Å²) < 4.78 is 68.1. The molecule has 148 valence electrons. The van der Waals surface area contributed by atoms with Crippen LogP contribution in [-0.4, -0.2) is 22.3 Å². The van der Waals surface area contributed by atoms with Crippen molar-refractivity contribution in [2.45, 2.75) is 32.7 Å². The number of benzene rings is 1. The van der Waals surface area contributed by atoms with Gasteiger partial charge >= 0.3 is 12.8 Å². The summed E-state index contributed by atoms with van der Waals surface area (Å²) in [6, 6.07) is 2.48. The minimum absolute atomic E-state index is 0.115. The molecule has 1 aromatic carbocycles. The smallest absolute Gasteiger partial charge is 0.433 e. The number of rotatable bonds is 5. The molecule has 0 saturated heterocycles. The zero-order valence-corrected chi connectivity index (χ0v) is 16.1. The van der Waals surface area contributed by atoms with Crippen molar-refractivity contribution < 1.29 is 31.5 Å². The minimum atomic E-state index is -4.68. The molecule has 2 aromatic rings. The van der Waals surface area contributed by atoms with Gasteiger partial charge < -0.3 is 10.1 Å². The number of ether oxygens (including phenoxy) is 1.